The number of benzene rings is 2. The van der Waals surface area contributed by atoms with Gasteiger partial charge in [-0.25, -0.2) is 0 Å². The Kier molecular flexibility index (Phi) is 2.65. The summed E-state index contributed by atoms with van der Waals surface area (Å²) in [6, 6.07) is 13.2. The molecular formula is C12H6Br2I+. The third kappa shape index (κ3) is 1.78. The van der Waals surface area contributed by atoms with Crippen LogP contribution in [0.5, 0.6) is 0 Å². The summed E-state index contributed by atoms with van der Waals surface area (Å²) in [6.45, 7) is 0. The van der Waals surface area contributed by atoms with E-state index in [0.29, 0.717) is 0 Å². The molecule has 3 heteroatoms. The van der Waals surface area contributed by atoms with Crippen molar-refractivity contribution in [1.29, 1.82) is 0 Å². The SMILES string of the molecule is Brc1ccc2c(c1)[I+]c1cc(Br)ccc1-2. The molecule has 0 atom stereocenters. The molecule has 0 amide bonds. The Morgan fingerprint density at radius 2 is 1.20 bits per heavy atom. The lowest BCUT2D eigenvalue weighted by molar-refractivity contribution is -0.590. The van der Waals surface area contributed by atoms with Crippen LogP contribution in [0.3, 0.4) is 0 Å². The van der Waals surface area contributed by atoms with Crippen molar-refractivity contribution in [1.82, 2.24) is 0 Å². The van der Waals surface area contributed by atoms with E-state index in [2.05, 4.69) is 68.3 Å². The average molecular weight is 437 g/mol. The Morgan fingerprint density at radius 1 is 0.733 bits per heavy atom. The van der Waals surface area contributed by atoms with E-state index in [1.54, 1.807) is 0 Å². The molecule has 0 saturated carbocycles. The lowest BCUT2D eigenvalue weighted by Crippen LogP contribution is -3.61. The van der Waals surface area contributed by atoms with Crippen LogP contribution in [0.4, 0.5) is 0 Å². The zero-order valence-electron chi connectivity index (χ0n) is 7.60. The molecule has 1 aliphatic heterocycles. The number of halogens is 3. The Hall–Kier alpha value is 0.130. The summed E-state index contributed by atoms with van der Waals surface area (Å²) in [6.07, 6.45) is 0. The maximum Gasteiger partial charge on any atom is 0.359 e. The highest BCUT2D eigenvalue weighted by molar-refractivity contribution is 9.10. The van der Waals surface area contributed by atoms with Gasteiger partial charge in [0.2, 0.25) is 7.14 Å². The third-order valence-electron chi connectivity index (χ3n) is 2.36. The fourth-order valence-electron chi connectivity index (χ4n) is 1.68. The summed E-state index contributed by atoms with van der Waals surface area (Å²) < 4.78 is 5.42. The van der Waals surface area contributed by atoms with Gasteiger partial charge in [-0.05, 0) is 24.3 Å². The molecule has 1 heterocycles. The van der Waals surface area contributed by atoms with Gasteiger partial charge in [0.25, 0.3) is 0 Å². The summed E-state index contributed by atoms with van der Waals surface area (Å²) in [5.41, 5.74) is 2.85. The van der Waals surface area contributed by atoms with E-state index in [9.17, 15) is 0 Å². The molecule has 0 unspecified atom stereocenters. The summed E-state index contributed by atoms with van der Waals surface area (Å²) in [7, 11) is 0. The molecule has 0 fully saturated rings. The molecule has 1 aliphatic rings. The normalized spacial score (nSPS) is 12.4. The largest absolute Gasteiger partial charge is 0.359 e. The number of fused-ring (bicyclic) bond motifs is 3. The molecule has 0 radical (unpaired) electrons. The van der Waals surface area contributed by atoms with E-state index in [4.69, 9.17) is 0 Å². The van der Waals surface area contributed by atoms with Crippen LogP contribution in [0, 0.1) is 7.14 Å². The highest BCUT2D eigenvalue weighted by Gasteiger charge is 2.33. The first-order valence-electron chi connectivity index (χ1n) is 4.48. The monoisotopic (exact) mass is 435 g/mol. The minimum Gasteiger partial charge on any atom is -0.0507 e. The van der Waals surface area contributed by atoms with Crippen LogP contribution in [-0.2, 0) is 0 Å². The summed E-state index contributed by atoms with van der Waals surface area (Å²) in [5, 5.41) is 0. The number of hydrogen-bond acceptors (Lipinski definition) is 0. The molecule has 3 rings (SSSR count). The van der Waals surface area contributed by atoms with Crippen LogP contribution < -0.4 is 21.2 Å². The first-order chi connectivity index (χ1) is 7.24. The first-order valence-corrected chi connectivity index (χ1v) is 8.23. The minimum atomic E-state index is 0.00923. The zero-order valence-corrected chi connectivity index (χ0v) is 12.9. The maximum absolute atomic E-state index is 3.53. The fraction of sp³-hybridized carbons (Fsp3) is 0. The van der Waals surface area contributed by atoms with Gasteiger partial charge in [0, 0.05) is 32.2 Å². The van der Waals surface area contributed by atoms with Gasteiger partial charge in [-0.15, -0.1) is 0 Å². The van der Waals surface area contributed by atoms with E-state index in [1.807, 2.05) is 0 Å². The van der Waals surface area contributed by atoms with Crippen molar-refractivity contribution < 1.29 is 21.2 Å². The van der Waals surface area contributed by atoms with Crippen molar-refractivity contribution in [2.24, 2.45) is 0 Å². The molecule has 0 bridgehead atoms. The van der Waals surface area contributed by atoms with Crippen LogP contribution >= 0.6 is 31.9 Å². The van der Waals surface area contributed by atoms with E-state index in [-0.39, 0.29) is 21.2 Å². The van der Waals surface area contributed by atoms with Crippen molar-refractivity contribution >= 4 is 31.9 Å². The van der Waals surface area contributed by atoms with E-state index in [0.717, 1.165) is 0 Å². The molecule has 0 N–H and O–H groups in total. The summed E-state index contributed by atoms with van der Waals surface area (Å²) in [5.74, 6) is 0. The van der Waals surface area contributed by atoms with Crippen LogP contribution in [0.15, 0.2) is 45.3 Å². The predicted octanol–water partition coefficient (Wildman–Crippen LogP) is 1.32. The highest BCUT2D eigenvalue weighted by Crippen LogP contribution is 2.26. The van der Waals surface area contributed by atoms with Crippen molar-refractivity contribution in [3.05, 3.63) is 52.5 Å². The van der Waals surface area contributed by atoms with E-state index < -0.39 is 0 Å². The average Bonchev–Trinajstić information content (AvgIpc) is 2.53. The zero-order chi connectivity index (χ0) is 10.4. The summed E-state index contributed by atoms with van der Waals surface area (Å²) in [4.78, 5) is 0. The lowest BCUT2D eigenvalue weighted by Gasteiger charge is -1.95. The van der Waals surface area contributed by atoms with Crippen LogP contribution in [0.1, 0.15) is 0 Å². The molecule has 0 nitrogen and oxygen atoms in total. The van der Waals surface area contributed by atoms with Gasteiger partial charge in [-0.1, -0.05) is 31.9 Å². The van der Waals surface area contributed by atoms with Gasteiger partial charge >= 0.3 is 21.2 Å². The van der Waals surface area contributed by atoms with E-state index >= 15 is 0 Å². The van der Waals surface area contributed by atoms with Crippen molar-refractivity contribution in [2.75, 3.05) is 0 Å². The molecule has 74 valence electrons. The van der Waals surface area contributed by atoms with E-state index in [1.165, 1.54) is 27.2 Å². The third-order valence-corrected chi connectivity index (χ3v) is 6.29. The highest BCUT2D eigenvalue weighted by atomic mass is 127. The van der Waals surface area contributed by atoms with Crippen LogP contribution in [0.2, 0.25) is 0 Å². The smallest absolute Gasteiger partial charge is 0.0507 e. The topological polar surface area (TPSA) is 0 Å². The molecule has 2 aromatic carbocycles. The van der Waals surface area contributed by atoms with Crippen molar-refractivity contribution in [3.8, 4) is 11.1 Å². The Labute approximate surface area is 116 Å². The number of hydrogen-bond donors (Lipinski definition) is 0. The molecule has 15 heavy (non-hydrogen) atoms. The number of rotatable bonds is 0. The molecule has 0 aliphatic carbocycles. The van der Waals surface area contributed by atoms with Crippen LogP contribution in [0.25, 0.3) is 11.1 Å². The van der Waals surface area contributed by atoms with Gasteiger partial charge in [-0.3, -0.25) is 0 Å². The predicted molar refractivity (Wildman–Crippen MR) is 64.7 cm³/mol. The van der Waals surface area contributed by atoms with Gasteiger partial charge in [0.05, 0.1) is 0 Å². The quantitative estimate of drug-likeness (QED) is 0.466. The molecular weight excluding hydrogens is 431 g/mol. The van der Waals surface area contributed by atoms with Gasteiger partial charge in [0.1, 0.15) is 0 Å². The molecule has 0 aromatic heterocycles. The Bertz CT molecular complexity index is 500. The maximum atomic E-state index is 3.53. The minimum absolute atomic E-state index is 0.00923. The van der Waals surface area contributed by atoms with Gasteiger partial charge in [-0.2, -0.15) is 0 Å². The standard InChI is InChI=1S/C12H6Br2I/c13-7-1-3-9-10-4-2-8(14)6-12(10)15-11(9)5-7/h1-6H/q+1. The fourth-order valence-corrected chi connectivity index (χ4v) is 6.39. The molecule has 2 aromatic rings. The van der Waals surface area contributed by atoms with Gasteiger partial charge < -0.3 is 0 Å². The van der Waals surface area contributed by atoms with Crippen molar-refractivity contribution in [3.63, 3.8) is 0 Å². The van der Waals surface area contributed by atoms with Crippen LogP contribution in [-0.4, -0.2) is 0 Å². The second kappa shape index (κ2) is 3.86. The molecule has 0 saturated heterocycles. The van der Waals surface area contributed by atoms with Crippen molar-refractivity contribution in [2.45, 2.75) is 0 Å². The summed E-state index contributed by atoms with van der Waals surface area (Å²) >= 11 is 7.07. The second-order valence-corrected chi connectivity index (χ2v) is 8.04. The first kappa shape index (κ1) is 10.3. The molecule has 0 spiro atoms. The second-order valence-electron chi connectivity index (χ2n) is 3.34. The van der Waals surface area contributed by atoms with Gasteiger partial charge in [0.15, 0.2) is 0 Å². The lowest BCUT2D eigenvalue weighted by atomic mass is 10.1. The Balaban J connectivity index is 2.24. The Morgan fingerprint density at radius 3 is 1.67 bits per heavy atom.